The summed E-state index contributed by atoms with van der Waals surface area (Å²) in [5, 5.41) is 2.76. The normalized spacial score (nSPS) is 20.3. The second kappa shape index (κ2) is 9.19. The van der Waals surface area contributed by atoms with Crippen molar-refractivity contribution in [3.63, 3.8) is 0 Å². The molecular formula is C19H26FN3O5S. The van der Waals surface area contributed by atoms with Gasteiger partial charge in [0.05, 0.1) is 18.1 Å². The number of benzene rings is 1. The molecule has 2 aliphatic rings. The van der Waals surface area contributed by atoms with Crippen LogP contribution in [0.4, 0.5) is 4.39 Å². The summed E-state index contributed by atoms with van der Waals surface area (Å²) < 4.78 is 44.9. The molecule has 0 aliphatic carbocycles. The molecule has 1 atom stereocenters. The summed E-state index contributed by atoms with van der Waals surface area (Å²) in [6, 6.07) is 4.06. The lowest BCUT2D eigenvalue weighted by Gasteiger charge is -2.32. The highest BCUT2D eigenvalue weighted by atomic mass is 32.2. The van der Waals surface area contributed by atoms with Crippen LogP contribution in [0.25, 0.3) is 0 Å². The van der Waals surface area contributed by atoms with Crippen molar-refractivity contribution in [2.75, 3.05) is 39.4 Å². The number of nitrogens with one attached hydrogen (secondary N) is 1. The maximum absolute atomic E-state index is 13.1. The molecule has 2 fully saturated rings. The Labute approximate surface area is 170 Å². The molecule has 0 saturated carbocycles. The standard InChI is InChI=1S/C19H26FN3O5S/c1-14(19(25)22-10-12-28-13-11-22)21-18(24)15-6-8-23(9-7-15)29(26,27)17-4-2-16(20)3-5-17/h2-5,14-15H,6-13H2,1H3,(H,21,24). The molecule has 2 amide bonds. The minimum atomic E-state index is -3.72. The molecule has 1 N–H and O–H groups in total. The molecule has 2 aliphatic heterocycles. The largest absolute Gasteiger partial charge is 0.378 e. The van der Waals surface area contributed by atoms with Crippen LogP contribution in [0.5, 0.6) is 0 Å². The number of amides is 2. The zero-order valence-electron chi connectivity index (χ0n) is 16.3. The van der Waals surface area contributed by atoms with Crippen LogP contribution in [0.3, 0.4) is 0 Å². The van der Waals surface area contributed by atoms with Gasteiger partial charge in [0.15, 0.2) is 0 Å². The minimum absolute atomic E-state index is 0.0338. The zero-order valence-corrected chi connectivity index (χ0v) is 17.2. The lowest BCUT2D eigenvalue weighted by atomic mass is 9.97. The molecule has 1 unspecified atom stereocenters. The van der Waals surface area contributed by atoms with Crippen molar-refractivity contribution in [1.82, 2.24) is 14.5 Å². The monoisotopic (exact) mass is 427 g/mol. The SMILES string of the molecule is CC(NC(=O)C1CCN(S(=O)(=O)c2ccc(F)cc2)CC1)C(=O)N1CCOCC1. The van der Waals surface area contributed by atoms with Gasteiger partial charge < -0.3 is 15.0 Å². The highest BCUT2D eigenvalue weighted by Gasteiger charge is 2.33. The molecular weight excluding hydrogens is 401 g/mol. The van der Waals surface area contributed by atoms with E-state index in [-0.39, 0.29) is 35.7 Å². The quantitative estimate of drug-likeness (QED) is 0.742. The van der Waals surface area contributed by atoms with Gasteiger partial charge in [-0.25, -0.2) is 12.8 Å². The smallest absolute Gasteiger partial charge is 0.245 e. The Morgan fingerprint density at radius 1 is 1.10 bits per heavy atom. The van der Waals surface area contributed by atoms with Gasteiger partial charge in [-0.15, -0.1) is 0 Å². The van der Waals surface area contributed by atoms with Crippen molar-refractivity contribution in [3.8, 4) is 0 Å². The van der Waals surface area contributed by atoms with E-state index in [1.165, 1.54) is 16.4 Å². The summed E-state index contributed by atoms with van der Waals surface area (Å²) in [5.41, 5.74) is 0. The van der Waals surface area contributed by atoms with Crippen LogP contribution in [-0.2, 0) is 24.3 Å². The molecule has 29 heavy (non-hydrogen) atoms. The van der Waals surface area contributed by atoms with Gasteiger partial charge in [0, 0.05) is 32.1 Å². The predicted molar refractivity (Wildman–Crippen MR) is 103 cm³/mol. The van der Waals surface area contributed by atoms with Gasteiger partial charge in [0.2, 0.25) is 21.8 Å². The van der Waals surface area contributed by atoms with E-state index in [1.807, 2.05) is 0 Å². The average Bonchev–Trinajstić information content (AvgIpc) is 2.74. The fourth-order valence-electron chi connectivity index (χ4n) is 3.56. The van der Waals surface area contributed by atoms with Crippen LogP contribution in [0.1, 0.15) is 19.8 Å². The van der Waals surface area contributed by atoms with Crippen LogP contribution in [0, 0.1) is 11.7 Å². The van der Waals surface area contributed by atoms with E-state index in [1.54, 1.807) is 11.8 Å². The molecule has 0 spiro atoms. The summed E-state index contributed by atoms with van der Waals surface area (Å²) in [6.07, 6.45) is 0.732. The predicted octanol–water partition coefficient (Wildman–Crippen LogP) is 0.590. The third-order valence-electron chi connectivity index (χ3n) is 5.33. The number of piperidine rings is 1. The van der Waals surface area contributed by atoms with E-state index in [0.29, 0.717) is 39.1 Å². The lowest BCUT2D eigenvalue weighted by molar-refractivity contribution is -0.140. The molecule has 0 aromatic heterocycles. The first-order chi connectivity index (χ1) is 13.8. The van der Waals surface area contributed by atoms with E-state index in [2.05, 4.69) is 5.32 Å². The van der Waals surface area contributed by atoms with E-state index < -0.39 is 21.9 Å². The van der Waals surface area contributed by atoms with Crippen LogP contribution in [-0.4, -0.2) is 74.9 Å². The summed E-state index contributed by atoms with van der Waals surface area (Å²) in [6.45, 7) is 4.06. The molecule has 0 bridgehead atoms. The lowest BCUT2D eigenvalue weighted by Crippen LogP contribution is -2.52. The molecule has 2 heterocycles. The average molecular weight is 427 g/mol. The number of sulfonamides is 1. The second-order valence-corrected chi connectivity index (χ2v) is 9.24. The minimum Gasteiger partial charge on any atom is -0.378 e. The number of rotatable bonds is 5. The molecule has 1 aromatic carbocycles. The van der Waals surface area contributed by atoms with E-state index in [4.69, 9.17) is 4.74 Å². The van der Waals surface area contributed by atoms with E-state index in [0.717, 1.165) is 12.1 Å². The first kappa shape index (κ1) is 21.7. The van der Waals surface area contributed by atoms with Crippen molar-refractivity contribution in [3.05, 3.63) is 30.1 Å². The molecule has 1 aromatic rings. The summed E-state index contributed by atoms with van der Waals surface area (Å²) >= 11 is 0. The van der Waals surface area contributed by atoms with E-state index >= 15 is 0 Å². The topological polar surface area (TPSA) is 96.0 Å². The third kappa shape index (κ3) is 5.12. The Bertz CT molecular complexity index is 832. The van der Waals surface area contributed by atoms with E-state index in [9.17, 15) is 22.4 Å². The maximum Gasteiger partial charge on any atom is 0.245 e. The number of carbonyl (C=O) groups is 2. The second-order valence-electron chi connectivity index (χ2n) is 7.30. The summed E-state index contributed by atoms with van der Waals surface area (Å²) in [5.74, 6) is -1.23. The van der Waals surface area contributed by atoms with Crippen LogP contribution in [0.15, 0.2) is 29.2 Å². The van der Waals surface area contributed by atoms with Gasteiger partial charge in [-0.3, -0.25) is 9.59 Å². The Morgan fingerprint density at radius 3 is 2.28 bits per heavy atom. The summed E-state index contributed by atoms with van der Waals surface area (Å²) in [7, 11) is -3.72. The van der Waals surface area contributed by atoms with Gasteiger partial charge in [-0.1, -0.05) is 0 Å². The first-order valence-electron chi connectivity index (χ1n) is 9.71. The number of halogens is 1. The Balaban J connectivity index is 1.52. The van der Waals surface area contributed by atoms with Gasteiger partial charge >= 0.3 is 0 Å². The first-order valence-corrected chi connectivity index (χ1v) is 11.2. The van der Waals surface area contributed by atoms with Gasteiger partial charge in [-0.05, 0) is 44.0 Å². The highest BCUT2D eigenvalue weighted by Crippen LogP contribution is 2.24. The number of morpholine rings is 1. The van der Waals surface area contributed by atoms with Gasteiger partial charge in [0.1, 0.15) is 11.9 Å². The number of hydrogen-bond acceptors (Lipinski definition) is 5. The van der Waals surface area contributed by atoms with Crippen molar-refractivity contribution in [1.29, 1.82) is 0 Å². The highest BCUT2D eigenvalue weighted by molar-refractivity contribution is 7.89. The Kier molecular flexibility index (Phi) is 6.86. The molecule has 10 heteroatoms. The van der Waals surface area contributed by atoms with Crippen molar-refractivity contribution >= 4 is 21.8 Å². The van der Waals surface area contributed by atoms with Crippen molar-refractivity contribution < 1.29 is 27.1 Å². The zero-order chi connectivity index (χ0) is 21.0. The Morgan fingerprint density at radius 2 is 1.69 bits per heavy atom. The third-order valence-corrected chi connectivity index (χ3v) is 7.24. The van der Waals surface area contributed by atoms with Crippen LogP contribution < -0.4 is 5.32 Å². The van der Waals surface area contributed by atoms with Crippen LogP contribution in [0.2, 0.25) is 0 Å². The molecule has 160 valence electrons. The number of hydrogen-bond donors (Lipinski definition) is 1. The fourth-order valence-corrected chi connectivity index (χ4v) is 5.03. The van der Waals surface area contributed by atoms with Crippen LogP contribution >= 0.6 is 0 Å². The van der Waals surface area contributed by atoms with Gasteiger partial charge in [0.25, 0.3) is 0 Å². The number of ether oxygens (including phenoxy) is 1. The summed E-state index contributed by atoms with van der Waals surface area (Å²) in [4.78, 5) is 26.7. The molecule has 2 saturated heterocycles. The molecule has 0 radical (unpaired) electrons. The number of carbonyl (C=O) groups excluding carboxylic acids is 2. The van der Waals surface area contributed by atoms with Crippen molar-refractivity contribution in [2.45, 2.75) is 30.7 Å². The molecule has 8 nitrogen and oxygen atoms in total. The number of nitrogens with zero attached hydrogens (tertiary/aromatic N) is 2. The Hall–Kier alpha value is -2.04. The molecule has 3 rings (SSSR count). The maximum atomic E-state index is 13.1. The fraction of sp³-hybridized carbons (Fsp3) is 0.579. The van der Waals surface area contributed by atoms with Gasteiger partial charge in [-0.2, -0.15) is 4.31 Å². The van der Waals surface area contributed by atoms with Crippen molar-refractivity contribution in [2.24, 2.45) is 5.92 Å².